The van der Waals surface area contributed by atoms with Gasteiger partial charge < -0.3 is 35.8 Å². The molecule has 0 atom stereocenters. The number of rotatable bonds is 11. The molecule has 0 bridgehead atoms. The van der Waals surface area contributed by atoms with Gasteiger partial charge in [-0.05, 0) is 57.5 Å². The van der Waals surface area contributed by atoms with Gasteiger partial charge in [0.05, 0.1) is 0 Å². The van der Waals surface area contributed by atoms with Crippen molar-refractivity contribution in [3.05, 3.63) is 72.1 Å². The van der Waals surface area contributed by atoms with Crippen molar-refractivity contribution in [3.63, 3.8) is 0 Å². The van der Waals surface area contributed by atoms with E-state index in [1.54, 1.807) is 30.3 Å². The zero-order valence-electron chi connectivity index (χ0n) is 24.9. The number of nitrogens with one attached hydrogen (secondary N) is 2. The summed E-state index contributed by atoms with van der Waals surface area (Å²) in [5.74, 6) is -0.152. The van der Waals surface area contributed by atoms with Crippen LogP contribution in [0.1, 0.15) is 35.9 Å². The average molecular weight is 573 g/mol. The topological polar surface area (TPSA) is 129 Å². The highest BCUT2D eigenvalue weighted by Crippen LogP contribution is 2.32. The number of likely N-dealkylation sites (N-methyl/N-ethyl adjacent to an activating group) is 2. The van der Waals surface area contributed by atoms with Crippen LogP contribution in [-0.2, 0) is 4.79 Å². The largest absolute Gasteiger partial charge is 0.437 e. The molecule has 222 valence electrons. The van der Waals surface area contributed by atoms with Crippen LogP contribution in [0.25, 0.3) is 0 Å². The summed E-state index contributed by atoms with van der Waals surface area (Å²) in [5, 5.41) is 6.04. The van der Waals surface area contributed by atoms with Crippen LogP contribution in [0.3, 0.4) is 0 Å². The summed E-state index contributed by atoms with van der Waals surface area (Å²) in [6, 6.07) is 15.0. The van der Waals surface area contributed by atoms with Gasteiger partial charge in [-0.15, -0.1) is 0 Å². The highest BCUT2D eigenvalue weighted by molar-refractivity contribution is 5.99. The average Bonchev–Trinajstić information content (AvgIpc) is 2.94. The maximum atomic E-state index is 12.4. The fourth-order valence-corrected chi connectivity index (χ4v) is 4.40. The molecule has 0 saturated carbocycles. The number of nitrogens with zero attached hydrogens (tertiary/aromatic N) is 5. The number of hydrogen-bond donors (Lipinski definition) is 3. The monoisotopic (exact) mass is 572 g/mol. The van der Waals surface area contributed by atoms with Crippen molar-refractivity contribution in [1.29, 1.82) is 0 Å². The summed E-state index contributed by atoms with van der Waals surface area (Å²) in [5.41, 5.74) is 8.66. The van der Waals surface area contributed by atoms with E-state index in [9.17, 15) is 9.59 Å². The number of nitrogens with two attached hydrogens (primary N) is 1. The van der Waals surface area contributed by atoms with Crippen LogP contribution in [0.4, 0.5) is 22.9 Å². The second-order valence-electron chi connectivity index (χ2n) is 10.9. The van der Waals surface area contributed by atoms with E-state index < -0.39 is 5.91 Å². The Morgan fingerprint density at radius 1 is 1.05 bits per heavy atom. The molecule has 2 aromatic carbocycles. The summed E-state index contributed by atoms with van der Waals surface area (Å²) in [7, 11) is 5.99. The summed E-state index contributed by atoms with van der Waals surface area (Å²) in [6.45, 7) is 8.50. The van der Waals surface area contributed by atoms with Crippen LogP contribution in [0.2, 0.25) is 0 Å². The van der Waals surface area contributed by atoms with Gasteiger partial charge in [0.25, 0.3) is 5.91 Å². The van der Waals surface area contributed by atoms with Crippen molar-refractivity contribution in [2.24, 2.45) is 5.73 Å². The molecule has 11 heteroatoms. The number of carbonyl (C=O) groups excluding carboxylic acids is 2. The second-order valence-corrected chi connectivity index (χ2v) is 10.9. The number of anilines is 4. The molecule has 0 radical (unpaired) electrons. The molecular weight excluding hydrogens is 532 g/mol. The Morgan fingerprint density at radius 3 is 2.40 bits per heavy atom. The van der Waals surface area contributed by atoms with Crippen LogP contribution in [0, 0.1) is 0 Å². The maximum absolute atomic E-state index is 12.4. The van der Waals surface area contributed by atoms with Crippen molar-refractivity contribution in [2.75, 3.05) is 69.4 Å². The van der Waals surface area contributed by atoms with Gasteiger partial charge in [-0.1, -0.05) is 26.0 Å². The van der Waals surface area contributed by atoms with Gasteiger partial charge in [-0.2, -0.15) is 4.98 Å². The normalized spacial score (nSPS) is 14.0. The molecule has 1 aliphatic heterocycles. The van der Waals surface area contributed by atoms with E-state index in [0.29, 0.717) is 23.7 Å². The van der Waals surface area contributed by atoms with Gasteiger partial charge in [-0.25, -0.2) is 4.98 Å². The molecule has 11 nitrogen and oxygen atoms in total. The van der Waals surface area contributed by atoms with E-state index in [0.717, 1.165) is 37.6 Å². The number of aromatic nitrogens is 2. The summed E-state index contributed by atoms with van der Waals surface area (Å²) in [6.07, 6.45) is 3.28. The van der Waals surface area contributed by atoms with E-state index in [1.807, 2.05) is 57.1 Å². The molecule has 1 aliphatic rings. The van der Waals surface area contributed by atoms with E-state index in [1.165, 1.54) is 6.08 Å². The van der Waals surface area contributed by atoms with E-state index in [4.69, 9.17) is 10.5 Å². The third-order valence-electron chi connectivity index (χ3n) is 6.72. The van der Waals surface area contributed by atoms with Gasteiger partial charge in [-0.3, -0.25) is 9.59 Å². The Hall–Kier alpha value is -4.48. The first-order valence-electron chi connectivity index (χ1n) is 14.0. The Labute approximate surface area is 247 Å². The number of amides is 2. The van der Waals surface area contributed by atoms with Crippen molar-refractivity contribution in [3.8, 4) is 11.6 Å². The molecule has 4 rings (SSSR count). The van der Waals surface area contributed by atoms with Crippen LogP contribution < -0.4 is 26.0 Å². The van der Waals surface area contributed by atoms with Gasteiger partial charge in [0.15, 0.2) is 11.5 Å². The number of piperazine rings is 1. The zero-order chi connectivity index (χ0) is 30.2. The molecule has 42 heavy (non-hydrogen) atoms. The third kappa shape index (κ3) is 8.27. The smallest absolute Gasteiger partial charge is 0.271 e. The van der Waals surface area contributed by atoms with Gasteiger partial charge >= 0.3 is 0 Å². The van der Waals surface area contributed by atoms with Crippen molar-refractivity contribution < 1.29 is 14.3 Å². The Morgan fingerprint density at radius 2 is 1.76 bits per heavy atom. The lowest BCUT2D eigenvalue weighted by atomic mass is 10.1. The first-order chi connectivity index (χ1) is 20.1. The lowest BCUT2D eigenvalue weighted by molar-refractivity contribution is -0.111. The quantitative estimate of drug-likeness (QED) is 0.292. The molecule has 0 unspecified atom stereocenters. The van der Waals surface area contributed by atoms with Crippen LogP contribution >= 0.6 is 0 Å². The molecule has 2 heterocycles. The molecular formula is C31H40N8O3. The minimum absolute atomic E-state index is 0.0275. The Kier molecular flexibility index (Phi) is 10.1. The van der Waals surface area contributed by atoms with Crippen molar-refractivity contribution in [1.82, 2.24) is 19.8 Å². The maximum Gasteiger partial charge on any atom is 0.271 e. The van der Waals surface area contributed by atoms with Gasteiger partial charge in [0, 0.05) is 67.8 Å². The van der Waals surface area contributed by atoms with Crippen LogP contribution in [0.5, 0.6) is 11.6 Å². The molecule has 1 saturated heterocycles. The second kappa shape index (κ2) is 13.9. The fraction of sp³-hybridized carbons (Fsp3) is 0.355. The molecule has 2 amide bonds. The lowest BCUT2D eigenvalue weighted by Gasteiger charge is -2.34. The summed E-state index contributed by atoms with van der Waals surface area (Å²) in [4.78, 5) is 40.5. The number of primary amides is 1. The fourth-order valence-electron chi connectivity index (χ4n) is 4.40. The van der Waals surface area contributed by atoms with E-state index in [2.05, 4.69) is 37.4 Å². The molecule has 3 aromatic rings. The van der Waals surface area contributed by atoms with E-state index >= 15 is 0 Å². The SMILES string of the molecule is CC(C)c1nc(C(N)=O)c(Nc2ccc(N3CCN(C)CC3)cc2)nc1Oc1cccc(NC(=O)C=CCN(C)C)c1. The number of carbonyl (C=O) groups is 2. The molecule has 0 spiro atoms. The Bertz CT molecular complexity index is 1410. The highest BCUT2D eigenvalue weighted by atomic mass is 16.5. The summed E-state index contributed by atoms with van der Waals surface area (Å²) < 4.78 is 6.17. The lowest BCUT2D eigenvalue weighted by Crippen LogP contribution is -2.44. The van der Waals surface area contributed by atoms with Crippen LogP contribution in [-0.4, -0.2) is 85.4 Å². The number of hydrogen-bond acceptors (Lipinski definition) is 9. The number of ether oxygens (including phenoxy) is 1. The highest BCUT2D eigenvalue weighted by Gasteiger charge is 2.22. The minimum Gasteiger partial charge on any atom is -0.437 e. The molecule has 1 fully saturated rings. The molecule has 0 aliphatic carbocycles. The molecule has 4 N–H and O–H groups in total. The predicted octanol–water partition coefficient (Wildman–Crippen LogP) is 4.04. The zero-order valence-corrected chi connectivity index (χ0v) is 24.9. The van der Waals surface area contributed by atoms with Gasteiger partial charge in [0.2, 0.25) is 11.8 Å². The summed E-state index contributed by atoms with van der Waals surface area (Å²) >= 11 is 0. The van der Waals surface area contributed by atoms with Crippen molar-refractivity contribution >= 4 is 34.7 Å². The third-order valence-corrected chi connectivity index (χ3v) is 6.72. The van der Waals surface area contributed by atoms with Crippen molar-refractivity contribution in [2.45, 2.75) is 19.8 Å². The molecule has 1 aromatic heterocycles. The number of benzene rings is 2. The van der Waals surface area contributed by atoms with Gasteiger partial charge in [0.1, 0.15) is 11.4 Å². The standard InChI is InChI=1S/C31H40N8O3/c1-21(2)27-31(42-25-9-6-8-23(20-25)33-26(40)10-7-15-37(3)4)36-30(28(35-27)29(32)41)34-22-11-13-24(14-12-22)39-18-16-38(5)17-19-39/h6-14,20-21H,15-19H2,1-5H3,(H2,32,41)(H,33,40)(H,34,36). The first kappa shape index (κ1) is 30.5. The van der Waals surface area contributed by atoms with E-state index in [-0.39, 0.29) is 29.2 Å². The van der Waals surface area contributed by atoms with Crippen LogP contribution in [0.15, 0.2) is 60.7 Å². The minimum atomic E-state index is -0.695. The predicted molar refractivity (Wildman–Crippen MR) is 167 cm³/mol. The first-order valence-corrected chi connectivity index (χ1v) is 14.0. The Balaban J connectivity index is 1.56.